The van der Waals surface area contributed by atoms with Gasteiger partial charge in [0.15, 0.2) is 11.4 Å². The second kappa shape index (κ2) is 6.12. The summed E-state index contributed by atoms with van der Waals surface area (Å²) in [5, 5.41) is 3.13. The third-order valence-corrected chi connectivity index (χ3v) is 3.71. The van der Waals surface area contributed by atoms with E-state index < -0.39 is 5.76 Å². The first kappa shape index (κ1) is 14.9. The van der Waals surface area contributed by atoms with Crippen molar-refractivity contribution in [3.05, 3.63) is 76.9 Å². The Bertz CT molecular complexity index is 1090. The molecule has 0 aliphatic heterocycles. The molecule has 4 aromatic rings. The van der Waals surface area contributed by atoms with Crippen LogP contribution >= 0.6 is 0 Å². The topological polar surface area (TPSA) is 85.0 Å². The molecule has 2 aromatic heterocycles. The van der Waals surface area contributed by atoms with Gasteiger partial charge in [-0.25, -0.2) is 9.78 Å². The van der Waals surface area contributed by atoms with Gasteiger partial charge >= 0.3 is 5.76 Å². The molecule has 0 fully saturated rings. The Morgan fingerprint density at radius 1 is 1.04 bits per heavy atom. The Hall–Kier alpha value is -3.61. The number of nitrogens with zero attached hydrogens (tertiary/aromatic N) is 3. The standard InChI is InChI=1S/C18H15N5O2/c1-12-11-19-17(20-13-7-3-2-4-8-13)21-16(12)22-23-14-9-5-6-10-15(14)25-18(23)24/h2-11H,1H3,(H2,19,20,21,22). The van der Waals surface area contributed by atoms with Gasteiger partial charge in [-0.15, -0.1) is 0 Å². The van der Waals surface area contributed by atoms with Crippen molar-refractivity contribution >= 4 is 28.6 Å². The van der Waals surface area contributed by atoms with Crippen LogP contribution in [0, 0.1) is 6.92 Å². The predicted molar refractivity (Wildman–Crippen MR) is 96.0 cm³/mol. The highest BCUT2D eigenvalue weighted by molar-refractivity contribution is 5.73. The van der Waals surface area contributed by atoms with Gasteiger partial charge in [0.1, 0.15) is 5.52 Å². The first-order valence-electron chi connectivity index (χ1n) is 7.74. The fourth-order valence-corrected chi connectivity index (χ4v) is 2.44. The molecule has 0 amide bonds. The third-order valence-electron chi connectivity index (χ3n) is 3.71. The van der Waals surface area contributed by atoms with E-state index in [-0.39, 0.29) is 0 Å². The average Bonchev–Trinajstić information content (AvgIpc) is 2.94. The van der Waals surface area contributed by atoms with Gasteiger partial charge in [-0.1, -0.05) is 30.3 Å². The molecule has 0 saturated carbocycles. The van der Waals surface area contributed by atoms with Crippen molar-refractivity contribution in [3.8, 4) is 0 Å². The normalized spacial score (nSPS) is 10.8. The number of benzene rings is 2. The molecular formula is C18H15N5O2. The molecule has 0 unspecified atom stereocenters. The predicted octanol–water partition coefficient (Wildman–Crippen LogP) is 3.31. The van der Waals surface area contributed by atoms with Crippen molar-refractivity contribution in [2.75, 3.05) is 10.7 Å². The number of anilines is 3. The monoisotopic (exact) mass is 333 g/mol. The van der Waals surface area contributed by atoms with Crippen molar-refractivity contribution in [2.45, 2.75) is 6.92 Å². The van der Waals surface area contributed by atoms with Crippen LogP contribution in [0.25, 0.3) is 11.1 Å². The van der Waals surface area contributed by atoms with Gasteiger partial charge in [-0.3, -0.25) is 5.43 Å². The van der Waals surface area contributed by atoms with Gasteiger partial charge < -0.3 is 9.73 Å². The lowest BCUT2D eigenvalue weighted by molar-refractivity contribution is 0.532. The van der Waals surface area contributed by atoms with Crippen LogP contribution in [0.1, 0.15) is 5.56 Å². The molecule has 4 rings (SSSR count). The number of hydrogen-bond donors (Lipinski definition) is 2. The van der Waals surface area contributed by atoms with E-state index in [9.17, 15) is 4.79 Å². The molecule has 25 heavy (non-hydrogen) atoms. The van der Waals surface area contributed by atoms with Gasteiger partial charge in [0.2, 0.25) is 5.95 Å². The van der Waals surface area contributed by atoms with Crippen LogP contribution in [0.3, 0.4) is 0 Å². The van der Waals surface area contributed by atoms with E-state index in [1.54, 1.807) is 18.3 Å². The summed E-state index contributed by atoms with van der Waals surface area (Å²) >= 11 is 0. The van der Waals surface area contributed by atoms with Crippen LogP contribution in [-0.4, -0.2) is 14.6 Å². The second-order valence-corrected chi connectivity index (χ2v) is 5.50. The molecule has 0 aliphatic carbocycles. The van der Waals surface area contributed by atoms with E-state index in [1.807, 2.05) is 49.4 Å². The van der Waals surface area contributed by atoms with Crippen molar-refractivity contribution < 1.29 is 4.42 Å². The lowest BCUT2D eigenvalue weighted by atomic mass is 10.3. The molecule has 2 aromatic carbocycles. The maximum atomic E-state index is 12.1. The number of aryl methyl sites for hydroxylation is 1. The number of oxazole rings is 1. The summed E-state index contributed by atoms with van der Waals surface area (Å²) < 4.78 is 6.55. The van der Waals surface area contributed by atoms with Crippen LogP contribution in [0.15, 0.2) is 70.0 Å². The Balaban J connectivity index is 1.69. The van der Waals surface area contributed by atoms with Gasteiger partial charge in [0.05, 0.1) is 0 Å². The lowest BCUT2D eigenvalue weighted by Crippen LogP contribution is -2.23. The quantitative estimate of drug-likeness (QED) is 0.596. The molecule has 124 valence electrons. The summed E-state index contributed by atoms with van der Waals surface area (Å²) in [7, 11) is 0. The highest BCUT2D eigenvalue weighted by Crippen LogP contribution is 2.18. The molecule has 0 bridgehead atoms. The molecule has 2 heterocycles. The van der Waals surface area contributed by atoms with Crippen LogP contribution in [0.2, 0.25) is 0 Å². The summed E-state index contributed by atoms with van der Waals surface area (Å²) in [6.07, 6.45) is 1.69. The summed E-state index contributed by atoms with van der Waals surface area (Å²) in [5.41, 5.74) is 5.84. The van der Waals surface area contributed by atoms with Gasteiger partial charge in [-0.2, -0.15) is 9.66 Å². The average molecular weight is 333 g/mol. The summed E-state index contributed by atoms with van der Waals surface area (Å²) in [6.45, 7) is 1.86. The van der Waals surface area contributed by atoms with Gasteiger partial charge in [0, 0.05) is 17.4 Å². The minimum absolute atomic E-state index is 0.431. The molecule has 2 N–H and O–H groups in total. The van der Waals surface area contributed by atoms with E-state index in [1.165, 1.54) is 4.68 Å². The number of nitrogens with one attached hydrogen (secondary N) is 2. The summed E-state index contributed by atoms with van der Waals surface area (Å²) in [6, 6.07) is 16.8. The van der Waals surface area contributed by atoms with E-state index in [2.05, 4.69) is 20.7 Å². The summed E-state index contributed by atoms with van der Waals surface area (Å²) in [5.74, 6) is 0.444. The minimum atomic E-state index is -0.503. The van der Waals surface area contributed by atoms with Crippen molar-refractivity contribution in [3.63, 3.8) is 0 Å². The Kier molecular flexibility index (Phi) is 3.66. The van der Waals surface area contributed by atoms with Crippen molar-refractivity contribution in [1.29, 1.82) is 0 Å². The van der Waals surface area contributed by atoms with Crippen LogP contribution < -0.4 is 16.5 Å². The van der Waals surface area contributed by atoms with Crippen LogP contribution in [-0.2, 0) is 0 Å². The van der Waals surface area contributed by atoms with Crippen molar-refractivity contribution in [1.82, 2.24) is 14.6 Å². The molecule has 0 radical (unpaired) electrons. The maximum Gasteiger partial charge on any atom is 0.439 e. The van der Waals surface area contributed by atoms with E-state index >= 15 is 0 Å². The van der Waals surface area contributed by atoms with E-state index in [0.29, 0.717) is 22.9 Å². The molecule has 0 aliphatic rings. The fraction of sp³-hybridized carbons (Fsp3) is 0.0556. The minimum Gasteiger partial charge on any atom is -0.406 e. The Labute approximate surface area is 142 Å². The first-order valence-corrected chi connectivity index (χ1v) is 7.74. The lowest BCUT2D eigenvalue weighted by Gasteiger charge is -2.11. The Morgan fingerprint density at radius 2 is 1.80 bits per heavy atom. The number of rotatable bonds is 4. The Morgan fingerprint density at radius 3 is 2.64 bits per heavy atom. The molecule has 0 atom stereocenters. The van der Waals surface area contributed by atoms with Crippen LogP contribution in [0.5, 0.6) is 0 Å². The zero-order valence-corrected chi connectivity index (χ0v) is 13.4. The van der Waals surface area contributed by atoms with E-state index in [4.69, 9.17) is 4.42 Å². The maximum absolute atomic E-state index is 12.1. The molecular weight excluding hydrogens is 318 g/mol. The largest absolute Gasteiger partial charge is 0.439 e. The van der Waals surface area contributed by atoms with Gasteiger partial charge in [0.25, 0.3) is 0 Å². The number of fused-ring (bicyclic) bond motifs is 1. The zero-order valence-electron chi connectivity index (χ0n) is 13.4. The number of hydrogen-bond acceptors (Lipinski definition) is 6. The zero-order chi connectivity index (χ0) is 17.2. The fourth-order valence-electron chi connectivity index (χ4n) is 2.44. The SMILES string of the molecule is Cc1cnc(Nc2ccccc2)nc1Nn1c(=O)oc2ccccc21. The third kappa shape index (κ3) is 2.94. The summed E-state index contributed by atoms with van der Waals surface area (Å²) in [4.78, 5) is 20.8. The molecule has 7 heteroatoms. The highest BCUT2D eigenvalue weighted by atomic mass is 16.4. The smallest absolute Gasteiger partial charge is 0.406 e. The molecule has 0 saturated heterocycles. The molecule has 7 nitrogen and oxygen atoms in total. The molecule has 0 spiro atoms. The highest BCUT2D eigenvalue weighted by Gasteiger charge is 2.11. The first-order chi connectivity index (χ1) is 12.2. The van der Waals surface area contributed by atoms with Crippen LogP contribution in [0.4, 0.5) is 17.5 Å². The number of para-hydroxylation sites is 3. The van der Waals surface area contributed by atoms with Crippen molar-refractivity contribution in [2.24, 2.45) is 0 Å². The van der Waals surface area contributed by atoms with Gasteiger partial charge in [-0.05, 0) is 31.2 Å². The van der Waals surface area contributed by atoms with E-state index in [0.717, 1.165) is 11.3 Å². The second-order valence-electron chi connectivity index (χ2n) is 5.50. The number of aromatic nitrogens is 3.